The monoisotopic (exact) mass is 333 g/mol. The molecule has 0 radical (unpaired) electrons. The fraction of sp³-hybridized carbons (Fsp3) is 0.278. The fourth-order valence-corrected chi connectivity index (χ4v) is 2.72. The van der Waals surface area contributed by atoms with Crippen molar-refractivity contribution >= 4 is 5.84 Å². The van der Waals surface area contributed by atoms with E-state index in [0.29, 0.717) is 11.4 Å². The predicted molar refractivity (Wildman–Crippen MR) is 87.5 cm³/mol. The second-order valence-electron chi connectivity index (χ2n) is 6.04. The van der Waals surface area contributed by atoms with E-state index >= 15 is 0 Å². The van der Waals surface area contributed by atoms with Crippen LogP contribution in [-0.2, 0) is 11.7 Å². The van der Waals surface area contributed by atoms with Gasteiger partial charge in [-0.3, -0.25) is 4.99 Å². The summed E-state index contributed by atoms with van der Waals surface area (Å²) < 4.78 is 38.1. The van der Waals surface area contributed by atoms with E-state index in [1.165, 1.54) is 12.1 Å². The molecular weight excluding hydrogens is 315 g/mol. The maximum Gasteiger partial charge on any atom is 0.416 e. The molecule has 1 aliphatic rings. The van der Waals surface area contributed by atoms with Crippen molar-refractivity contribution in [2.75, 3.05) is 0 Å². The fourth-order valence-electron chi connectivity index (χ4n) is 2.72. The minimum Gasteiger partial charge on any atom is -0.305 e. The summed E-state index contributed by atoms with van der Waals surface area (Å²) in [6, 6.07) is 14.8. The molecule has 24 heavy (non-hydrogen) atoms. The van der Waals surface area contributed by atoms with Gasteiger partial charge < -0.3 is 5.43 Å². The molecule has 2 N–H and O–H groups in total. The number of alkyl halides is 3. The van der Waals surface area contributed by atoms with Gasteiger partial charge >= 0.3 is 6.18 Å². The van der Waals surface area contributed by atoms with E-state index in [-0.39, 0.29) is 6.04 Å². The quantitative estimate of drug-likeness (QED) is 0.875. The standard InChI is InChI=1S/C18H18F3N3/c1-12-17(2,14-6-4-3-5-7-14)22-16(24-23-12)13-8-10-15(11-9-13)18(19,20)21/h3-12,23H,1-2H3,(H,22,24). The summed E-state index contributed by atoms with van der Waals surface area (Å²) in [5, 5.41) is 0. The Morgan fingerprint density at radius 2 is 1.62 bits per heavy atom. The lowest BCUT2D eigenvalue weighted by atomic mass is 9.85. The number of aliphatic imine (C=N–C) groups is 1. The van der Waals surface area contributed by atoms with Crippen LogP contribution in [0.3, 0.4) is 0 Å². The Morgan fingerprint density at radius 1 is 1.00 bits per heavy atom. The lowest BCUT2D eigenvalue weighted by Crippen LogP contribution is -2.57. The summed E-state index contributed by atoms with van der Waals surface area (Å²) in [7, 11) is 0. The van der Waals surface area contributed by atoms with Crippen LogP contribution in [0.1, 0.15) is 30.5 Å². The first-order chi connectivity index (χ1) is 11.3. The smallest absolute Gasteiger partial charge is 0.305 e. The van der Waals surface area contributed by atoms with Gasteiger partial charge in [0.05, 0.1) is 11.6 Å². The molecule has 126 valence electrons. The van der Waals surface area contributed by atoms with Crippen molar-refractivity contribution in [2.24, 2.45) is 4.99 Å². The number of rotatable bonds is 2. The third kappa shape index (κ3) is 3.01. The van der Waals surface area contributed by atoms with Crippen molar-refractivity contribution in [1.82, 2.24) is 10.9 Å². The Kier molecular flexibility index (Phi) is 4.09. The van der Waals surface area contributed by atoms with Crippen LogP contribution in [0, 0.1) is 0 Å². The first kappa shape index (κ1) is 16.5. The van der Waals surface area contributed by atoms with Gasteiger partial charge in [0.2, 0.25) is 0 Å². The van der Waals surface area contributed by atoms with E-state index in [9.17, 15) is 13.2 Å². The van der Waals surface area contributed by atoms with E-state index in [1.807, 2.05) is 44.2 Å². The van der Waals surface area contributed by atoms with Crippen LogP contribution in [0.15, 0.2) is 59.6 Å². The third-order valence-corrected chi connectivity index (χ3v) is 4.44. The molecule has 2 atom stereocenters. The van der Waals surface area contributed by atoms with Gasteiger partial charge in [-0.1, -0.05) is 42.5 Å². The molecule has 0 saturated heterocycles. The molecule has 0 fully saturated rings. The minimum absolute atomic E-state index is 0.0121. The molecule has 0 saturated carbocycles. The van der Waals surface area contributed by atoms with E-state index in [2.05, 4.69) is 10.9 Å². The molecular formula is C18H18F3N3. The first-order valence-corrected chi connectivity index (χ1v) is 7.65. The highest BCUT2D eigenvalue weighted by Gasteiger charge is 2.36. The molecule has 1 heterocycles. The second kappa shape index (κ2) is 5.94. The zero-order chi connectivity index (χ0) is 17.4. The molecule has 0 aliphatic carbocycles. The Morgan fingerprint density at radius 3 is 2.21 bits per heavy atom. The number of hydrazine groups is 1. The number of hydrogen-bond donors (Lipinski definition) is 2. The highest BCUT2D eigenvalue weighted by atomic mass is 19.4. The summed E-state index contributed by atoms with van der Waals surface area (Å²) in [4.78, 5) is 4.79. The number of benzene rings is 2. The zero-order valence-corrected chi connectivity index (χ0v) is 13.4. The van der Waals surface area contributed by atoms with Gasteiger partial charge in [-0.05, 0) is 31.5 Å². The summed E-state index contributed by atoms with van der Waals surface area (Å²) in [5.41, 5.74) is 6.59. The summed E-state index contributed by atoms with van der Waals surface area (Å²) in [6.45, 7) is 4.01. The average molecular weight is 333 g/mol. The predicted octanol–water partition coefficient (Wildman–Crippen LogP) is 3.86. The topological polar surface area (TPSA) is 36.4 Å². The molecule has 0 aromatic heterocycles. The van der Waals surface area contributed by atoms with Crippen LogP contribution in [0.5, 0.6) is 0 Å². The van der Waals surface area contributed by atoms with Gasteiger partial charge in [0.25, 0.3) is 0 Å². The molecule has 3 rings (SSSR count). The largest absolute Gasteiger partial charge is 0.416 e. The normalized spacial score (nSPS) is 24.2. The number of nitrogens with one attached hydrogen (secondary N) is 2. The van der Waals surface area contributed by atoms with E-state index in [0.717, 1.165) is 17.7 Å². The van der Waals surface area contributed by atoms with Gasteiger partial charge in [0, 0.05) is 5.56 Å². The maximum absolute atomic E-state index is 12.7. The van der Waals surface area contributed by atoms with E-state index < -0.39 is 17.3 Å². The lowest BCUT2D eigenvalue weighted by molar-refractivity contribution is -0.137. The second-order valence-corrected chi connectivity index (χ2v) is 6.04. The van der Waals surface area contributed by atoms with Gasteiger partial charge in [-0.2, -0.15) is 13.2 Å². The number of amidine groups is 1. The number of nitrogens with zero attached hydrogens (tertiary/aromatic N) is 1. The average Bonchev–Trinajstić information content (AvgIpc) is 2.57. The van der Waals surface area contributed by atoms with Crippen LogP contribution in [0.2, 0.25) is 0 Å². The molecule has 2 aromatic rings. The molecule has 0 amide bonds. The van der Waals surface area contributed by atoms with Crippen LogP contribution in [0.4, 0.5) is 13.2 Å². The highest BCUT2D eigenvalue weighted by molar-refractivity contribution is 5.99. The number of hydrogen-bond acceptors (Lipinski definition) is 3. The van der Waals surface area contributed by atoms with E-state index in [1.54, 1.807) is 0 Å². The van der Waals surface area contributed by atoms with Crippen molar-refractivity contribution in [3.05, 3.63) is 71.3 Å². The highest BCUT2D eigenvalue weighted by Crippen LogP contribution is 2.32. The van der Waals surface area contributed by atoms with E-state index in [4.69, 9.17) is 4.99 Å². The van der Waals surface area contributed by atoms with Crippen molar-refractivity contribution < 1.29 is 13.2 Å². The van der Waals surface area contributed by atoms with Crippen molar-refractivity contribution in [3.8, 4) is 0 Å². The lowest BCUT2D eigenvalue weighted by Gasteiger charge is -2.38. The van der Waals surface area contributed by atoms with Gasteiger partial charge in [-0.15, -0.1) is 0 Å². The maximum atomic E-state index is 12.7. The Bertz CT molecular complexity index is 738. The molecule has 2 aromatic carbocycles. The van der Waals surface area contributed by atoms with Gasteiger partial charge in [0.1, 0.15) is 11.4 Å². The zero-order valence-electron chi connectivity index (χ0n) is 13.4. The first-order valence-electron chi connectivity index (χ1n) is 7.65. The molecule has 0 spiro atoms. The Labute approximate surface area is 138 Å². The molecule has 2 unspecified atom stereocenters. The Balaban J connectivity index is 1.98. The minimum atomic E-state index is -4.34. The van der Waals surface area contributed by atoms with Crippen LogP contribution >= 0.6 is 0 Å². The van der Waals surface area contributed by atoms with Crippen molar-refractivity contribution in [1.29, 1.82) is 0 Å². The summed E-state index contributed by atoms with van der Waals surface area (Å²) >= 11 is 0. The SMILES string of the molecule is CC1NNC(c2ccc(C(F)(F)F)cc2)=NC1(C)c1ccccc1. The molecule has 1 aliphatic heterocycles. The summed E-state index contributed by atoms with van der Waals surface area (Å²) in [5.74, 6) is 0.521. The van der Waals surface area contributed by atoms with Crippen molar-refractivity contribution in [3.63, 3.8) is 0 Å². The van der Waals surface area contributed by atoms with Crippen LogP contribution in [-0.4, -0.2) is 11.9 Å². The van der Waals surface area contributed by atoms with Crippen molar-refractivity contribution in [2.45, 2.75) is 31.6 Å². The van der Waals surface area contributed by atoms with Crippen LogP contribution < -0.4 is 10.9 Å². The molecule has 3 nitrogen and oxygen atoms in total. The number of halogens is 3. The van der Waals surface area contributed by atoms with Gasteiger partial charge in [0.15, 0.2) is 0 Å². The third-order valence-electron chi connectivity index (χ3n) is 4.44. The Hall–Kier alpha value is -2.34. The van der Waals surface area contributed by atoms with Gasteiger partial charge in [-0.25, -0.2) is 5.43 Å². The summed E-state index contributed by atoms with van der Waals surface area (Å²) in [6.07, 6.45) is -4.34. The molecule has 0 bridgehead atoms. The van der Waals surface area contributed by atoms with Crippen LogP contribution in [0.25, 0.3) is 0 Å². The molecule has 6 heteroatoms.